The average Bonchev–Trinajstić information content (AvgIpc) is 3.21. The number of aryl methyl sites for hydroxylation is 2. The Morgan fingerprint density at radius 3 is 2.36 bits per heavy atom. The van der Waals surface area contributed by atoms with Crippen molar-refractivity contribution < 1.29 is 24.2 Å². The van der Waals surface area contributed by atoms with Crippen molar-refractivity contribution in [2.45, 2.75) is 26.4 Å². The van der Waals surface area contributed by atoms with E-state index in [9.17, 15) is 19.5 Å². The van der Waals surface area contributed by atoms with Gasteiger partial charge in [0.25, 0.3) is 0 Å². The molecule has 0 aromatic heterocycles. The summed E-state index contributed by atoms with van der Waals surface area (Å²) in [4.78, 5) is 39.4. The van der Waals surface area contributed by atoms with Crippen LogP contribution in [0.1, 0.15) is 44.3 Å². The first-order valence-corrected chi connectivity index (χ1v) is 11.7. The number of ketones is 2. The van der Waals surface area contributed by atoms with Crippen molar-refractivity contribution in [2.75, 3.05) is 0 Å². The van der Waals surface area contributed by atoms with Crippen LogP contribution in [-0.2, 0) is 20.7 Å². The monoisotopic (exact) mass is 475 g/mol. The quantitative estimate of drug-likeness (QED) is 0.173. The van der Waals surface area contributed by atoms with E-state index < -0.39 is 29.4 Å². The standard InChI is InChI=1S/C31H24O5/c1-18-11-12-21(19(2)15-18)17-26(32)29(34)27(30-24-9-5-6-10-25(24)31(35)36-30)28(33)23-14-13-20-7-3-4-8-22(20)16-23/h3-16,30,33H,17H2,1-2H3/p-1/t30-/m0/s1. The summed E-state index contributed by atoms with van der Waals surface area (Å²) < 4.78 is 5.52. The van der Waals surface area contributed by atoms with Gasteiger partial charge in [-0.25, -0.2) is 4.79 Å². The van der Waals surface area contributed by atoms with E-state index in [1.807, 2.05) is 56.3 Å². The van der Waals surface area contributed by atoms with Crippen LogP contribution in [0.25, 0.3) is 16.5 Å². The summed E-state index contributed by atoms with van der Waals surface area (Å²) in [6.07, 6.45) is -1.40. The van der Waals surface area contributed by atoms with E-state index in [-0.39, 0.29) is 23.1 Å². The van der Waals surface area contributed by atoms with Crippen LogP contribution >= 0.6 is 0 Å². The number of cyclic esters (lactones) is 1. The number of hydrogen-bond donors (Lipinski definition) is 0. The van der Waals surface area contributed by atoms with E-state index in [0.717, 1.165) is 21.9 Å². The molecule has 0 fully saturated rings. The molecule has 0 unspecified atom stereocenters. The number of carbonyl (C=O) groups is 3. The molecule has 4 aromatic carbocycles. The molecule has 1 aliphatic heterocycles. The van der Waals surface area contributed by atoms with Crippen molar-refractivity contribution in [1.29, 1.82) is 0 Å². The number of benzene rings is 4. The van der Waals surface area contributed by atoms with Crippen LogP contribution in [-0.4, -0.2) is 17.5 Å². The zero-order valence-corrected chi connectivity index (χ0v) is 19.9. The van der Waals surface area contributed by atoms with Crippen LogP contribution in [0.5, 0.6) is 0 Å². The summed E-state index contributed by atoms with van der Waals surface area (Å²) in [7, 11) is 0. The Labute approximate surface area is 208 Å². The maximum atomic E-state index is 13.8. The number of rotatable bonds is 6. The zero-order chi connectivity index (χ0) is 25.4. The zero-order valence-electron chi connectivity index (χ0n) is 19.9. The molecule has 5 rings (SSSR count). The molecular formula is C31H23O5-. The molecule has 0 saturated heterocycles. The van der Waals surface area contributed by atoms with Crippen LogP contribution < -0.4 is 5.11 Å². The van der Waals surface area contributed by atoms with E-state index in [1.54, 1.807) is 42.5 Å². The summed E-state index contributed by atoms with van der Waals surface area (Å²) in [6, 6.07) is 24.9. The first kappa shape index (κ1) is 23.2. The number of esters is 1. The first-order chi connectivity index (χ1) is 17.3. The van der Waals surface area contributed by atoms with Gasteiger partial charge in [0, 0.05) is 17.6 Å². The summed E-state index contributed by atoms with van der Waals surface area (Å²) in [6.45, 7) is 3.82. The second-order valence-electron chi connectivity index (χ2n) is 9.04. The lowest BCUT2D eigenvalue weighted by Gasteiger charge is -2.23. The highest BCUT2D eigenvalue weighted by atomic mass is 16.5. The fraction of sp³-hybridized carbons (Fsp3) is 0.129. The fourth-order valence-electron chi connectivity index (χ4n) is 4.63. The number of carbonyl (C=O) groups excluding carboxylic acids is 3. The van der Waals surface area contributed by atoms with Gasteiger partial charge in [0.15, 0.2) is 6.10 Å². The molecule has 178 valence electrons. The Morgan fingerprint density at radius 1 is 0.861 bits per heavy atom. The highest BCUT2D eigenvalue weighted by Crippen LogP contribution is 2.39. The SMILES string of the molecule is Cc1ccc(CC(=O)C(=O)C(=C([O-])c2ccc3ccccc3c2)[C@H]2OC(=O)c3ccccc32)c(C)c1. The van der Waals surface area contributed by atoms with Crippen molar-refractivity contribution in [3.05, 3.63) is 124 Å². The van der Waals surface area contributed by atoms with E-state index in [4.69, 9.17) is 4.74 Å². The predicted octanol–water partition coefficient (Wildman–Crippen LogP) is 4.82. The van der Waals surface area contributed by atoms with Gasteiger partial charge < -0.3 is 9.84 Å². The highest BCUT2D eigenvalue weighted by molar-refractivity contribution is 6.45. The maximum Gasteiger partial charge on any atom is 0.339 e. The molecule has 1 atom stereocenters. The van der Waals surface area contributed by atoms with Gasteiger partial charge in [-0.3, -0.25) is 9.59 Å². The number of fused-ring (bicyclic) bond motifs is 2. The van der Waals surface area contributed by atoms with Gasteiger partial charge in [-0.1, -0.05) is 84.1 Å². The number of Topliss-reactive ketones (excluding diaryl/α,β-unsaturated/α-hetero) is 2. The van der Waals surface area contributed by atoms with E-state index in [1.165, 1.54) is 0 Å². The minimum Gasteiger partial charge on any atom is -0.872 e. The lowest BCUT2D eigenvalue weighted by Crippen LogP contribution is -2.26. The molecule has 1 heterocycles. The van der Waals surface area contributed by atoms with Gasteiger partial charge in [-0.15, -0.1) is 0 Å². The molecule has 0 N–H and O–H groups in total. The summed E-state index contributed by atoms with van der Waals surface area (Å²) >= 11 is 0. The van der Waals surface area contributed by atoms with Crippen LogP contribution in [0.3, 0.4) is 0 Å². The van der Waals surface area contributed by atoms with Crippen molar-refractivity contribution >= 4 is 34.1 Å². The molecule has 0 saturated carbocycles. The molecule has 4 aromatic rings. The van der Waals surface area contributed by atoms with Crippen LogP contribution in [0, 0.1) is 13.8 Å². The molecule has 5 heteroatoms. The Kier molecular flexibility index (Phi) is 5.98. The van der Waals surface area contributed by atoms with E-state index >= 15 is 0 Å². The van der Waals surface area contributed by atoms with E-state index in [0.29, 0.717) is 11.1 Å². The minimum atomic E-state index is -1.25. The Bertz CT molecular complexity index is 1580. The van der Waals surface area contributed by atoms with Gasteiger partial charge >= 0.3 is 5.97 Å². The number of hydrogen-bond acceptors (Lipinski definition) is 5. The van der Waals surface area contributed by atoms with Crippen LogP contribution in [0.2, 0.25) is 0 Å². The van der Waals surface area contributed by atoms with Crippen molar-refractivity contribution in [2.24, 2.45) is 0 Å². The summed E-state index contributed by atoms with van der Waals surface area (Å²) in [5.74, 6) is -2.93. The lowest BCUT2D eigenvalue weighted by atomic mass is 9.89. The van der Waals surface area contributed by atoms with E-state index in [2.05, 4.69) is 0 Å². The van der Waals surface area contributed by atoms with Crippen LogP contribution in [0.15, 0.2) is 90.5 Å². The third-order valence-corrected chi connectivity index (χ3v) is 6.55. The third kappa shape index (κ3) is 4.20. The molecule has 36 heavy (non-hydrogen) atoms. The molecule has 0 radical (unpaired) electrons. The fourth-order valence-corrected chi connectivity index (χ4v) is 4.63. The molecule has 0 amide bonds. The predicted molar refractivity (Wildman–Crippen MR) is 135 cm³/mol. The molecule has 0 aliphatic carbocycles. The molecule has 0 spiro atoms. The van der Waals surface area contributed by atoms with Crippen LogP contribution in [0.4, 0.5) is 0 Å². The average molecular weight is 476 g/mol. The summed E-state index contributed by atoms with van der Waals surface area (Å²) in [5, 5.41) is 15.6. The van der Waals surface area contributed by atoms with Crippen molar-refractivity contribution in [3.63, 3.8) is 0 Å². The third-order valence-electron chi connectivity index (χ3n) is 6.55. The van der Waals surface area contributed by atoms with Crippen molar-refractivity contribution in [3.8, 4) is 0 Å². The molecule has 5 nitrogen and oxygen atoms in total. The Hall–Kier alpha value is -4.51. The smallest absolute Gasteiger partial charge is 0.339 e. The topological polar surface area (TPSA) is 83.5 Å². The van der Waals surface area contributed by atoms with Gasteiger partial charge in [0.05, 0.1) is 5.56 Å². The minimum absolute atomic E-state index is 0.151. The van der Waals surface area contributed by atoms with Gasteiger partial charge in [0.2, 0.25) is 11.6 Å². The Balaban J connectivity index is 1.61. The number of ether oxygens (including phenoxy) is 1. The first-order valence-electron chi connectivity index (χ1n) is 11.7. The lowest BCUT2D eigenvalue weighted by molar-refractivity contribution is -0.245. The molecular weight excluding hydrogens is 452 g/mol. The summed E-state index contributed by atoms with van der Waals surface area (Å²) in [5.41, 5.74) is 3.22. The highest BCUT2D eigenvalue weighted by Gasteiger charge is 2.38. The normalized spacial score (nSPS) is 15.3. The van der Waals surface area contributed by atoms with Gasteiger partial charge in [-0.2, -0.15) is 0 Å². The van der Waals surface area contributed by atoms with Gasteiger partial charge in [-0.05, 0) is 53.4 Å². The second kappa shape index (κ2) is 9.27. The van der Waals surface area contributed by atoms with Crippen molar-refractivity contribution in [1.82, 2.24) is 0 Å². The second-order valence-corrected chi connectivity index (χ2v) is 9.04. The molecule has 0 bridgehead atoms. The largest absolute Gasteiger partial charge is 0.872 e. The van der Waals surface area contributed by atoms with Gasteiger partial charge in [0.1, 0.15) is 0 Å². The Morgan fingerprint density at radius 2 is 1.58 bits per heavy atom. The molecule has 1 aliphatic rings. The maximum absolute atomic E-state index is 13.8.